The fourth-order valence-corrected chi connectivity index (χ4v) is 1.85. The van der Waals surface area contributed by atoms with E-state index in [-0.39, 0.29) is 0 Å². The second-order valence-corrected chi connectivity index (χ2v) is 4.63. The highest BCUT2D eigenvalue weighted by molar-refractivity contribution is 6.30. The van der Waals surface area contributed by atoms with E-state index < -0.39 is 0 Å². The van der Waals surface area contributed by atoms with Crippen molar-refractivity contribution in [1.82, 2.24) is 0 Å². The number of benzene rings is 2. The lowest BCUT2D eigenvalue weighted by Gasteiger charge is -2.03. The van der Waals surface area contributed by atoms with Crippen LogP contribution in [0.2, 0.25) is 5.02 Å². The summed E-state index contributed by atoms with van der Waals surface area (Å²) < 4.78 is 5.40. The molecule has 0 amide bonds. The minimum absolute atomic E-state index is 0.676. The van der Waals surface area contributed by atoms with Gasteiger partial charge in [-0.2, -0.15) is 0 Å². The van der Waals surface area contributed by atoms with Crippen LogP contribution in [0.1, 0.15) is 18.1 Å². The van der Waals surface area contributed by atoms with Gasteiger partial charge in [-0.3, -0.25) is 4.99 Å². The molecular weight excluding hydrogens is 258 g/mol. The summed E-state index contributed by atoms with van der Waals surface area (Å²) in [4.78, 5) is 4.46. The lowest BCUT2D eigenvalue weighted by Crippen LogP contribution is -1.91. The van der Waals surface area contributed by atoms with Crippen LogP contribution in [-0.2, 0) is 0 Å². The second-order valence-electron chi connectivity index (χ2n) is 4.19. The van der Waals surface area contributed by atoms with Crippen molar-refractivity contribution in [3.05, 3.63) is 58.6 Å². The van der Waals surface area contributed by atoms with Crippen molar-refractivity contribution >= 4 is 23.5 Å². The second kappa shape index (κ2) is 6.39. The highest BCUT2D eigenvalue weighted by Crippen LogP contribution is 2.23. The maximum atomic E-state index is 5.96. The number of hydrogen-bond donors (Lipinski definition) is 0. The van der Waals surface area contributed by atoms with Gasteiger partial charge in [-0.15, -0.1) is 0 Å². The predicted octanol–water partition coefficient (Wildman–Crippen LogP) is 4.80. The third-order valence-corrected chi connectivity index (χ3v) is 2.95. The minimum atomic E-state index is 0.676. The molecule has 3 heteroatoms. The van der Waals surface area contributed by atoms with Crippen LogP contribution in [0.15, 0.2) is 47.5 Å². The van der Waals surface area contributed by atoms with E-state index in [0.29, 0.717) is 11.6 Å². The van der Waals surface area contributed by atoms with Gasteiger partial charge in [-0.25, -0.2) is 0 Å². The first kappa shape index (κ1) is 13.6. The molecule has 0 saturated carbocycles. The van der Waals surface area contributed by atoms with Crippen LogP contribution in [-0.4, -0.2) is 12.8 Å². The lowest BCUT2D eigenvalue weighted by atomic mass is 10.2. The molecule has 0 saturated heterocycles. The van der Waals surface area contributed by atoms with Crippen molar-refractivity contribution in [2.45, 2.75) is 13.8 Å². The summed E-state index contributed by atoms with van der Waals surface area (Å²) in [5.41, 5.74) is 3.02. The first-order chi connectivity index (χ1) is 9.19. The van der Waals surface area contributed by atoms with E-state index in [0.717, 1.165) is 22.6 Å². The number of halogens is 1. The summed E-state index contributed by atoms with van der Waals surface area (Å²) in [6.45, 7) is 4.66. The summed E-state index contributed by atoms with van der Waals surface area (Å²) in [6.07, 6.45) is 1.83. The van der Waals surface area contributed by atoms with E-state index in [9.17, 15) is 0 Å². The molecule has 0 N–H and O–H groups in total. The van der Waals surface area contributed by atoms with E-state index in [4.69, 9.17) is 16.3 Å². The summed E-state index contributed by atoms with van der Waals surface area (Å²) in [7, 11) is 0. The zero-order valence-corrected chi connectivity index (χ0v) is 11.8. The maximum absolute atomic E-state index is 5.96. The first-order valence-corrected chi connectivity index (χ1v) is 6.60. The van der Waals surface area contributed by atoms with Gasteiger partial charge in [0.2, 0.25) is 0 Å². The third-order valence-electron chi connectivity index (χ3n) is 2.71. The molecule has 2 aromatic carbocycles. The summed E-state index contributed by atoms with van der Waals surface area (Å²) >= 11 is 5.96. The van der Waals surface area contributed by atoms with E-state index in [2.05, 4.69) is 4.99 Å². The van der Waals surface area contributed by atoms with Gasteiger partial charge in [-0.1, -0.05) is 17.7 Å². The van der Waals surface area contributed by atoms with Gasteiger partial charge in [-0.05, 0) is 61.4 Å². The normalized spacial score (nSPS) is 10.9. The molecule has 0 aliphatic carbocycles. The molecule has 0 spiro atoms. The summed E-state index contributed by atoms with van der Waals surface area (Å²) in [6, 6.07) is 13.5. The Kier molecular flexibility index (Phi) is 4.58. The maximum Gasteiger partial charge on any atom is 0.119 e. The Morgan fingerprint density at radius 3 is 2.58 bits per heavy atom. The van der Waals surface area contributed by atoms with Crippen LogP contribution >= 0.6 is 11.6 Å². The van der Waals surface area contributed by atoms with Gasteiger partial charge in [0, 0.05) is 11.2 Å². The predicted molar refractivity (Wildman–Crippen MR) is 81.1 cm³/mol. The average molecular weight is 274 g/mol. The Hall–Kier alpha value is -1.80. The van der Waals surface area contributed by atoms with E-state index >= 15 is 0 Å². The van der Waals surface area contributed by atoms with Gasteiger partial charge < -0.3 is 4.74 Å². The summed E-state index contributed by atoms with van der Waals surface area (Å²) in [5.74, 6) is 0.874. The molecule has 0 atom stereocenters. The zero-order valence-electron chi connectivity index (χ0n) is 11.1. The van der Waals surface area contributed by atoms with E-state index in [1.165, 1.54) is 0 Å². The number of rotatable bonds is 4. The van der Waals surface area contributed by atoms with Gasteiger partial charge in [0.25, 0.3) is 0 Å². The molecule has 2 nitrogen and oxygen atoms in total. The lowest BCUT2D eigenvalue weighted by molar-refractivity contribution is 0.340. The topological polar surface area (TPSA) is 21.6 Å². The van der Waals surface area contributed by atoms with Crippen molar-refractivity contribution in [1.29, 1.82) is 0 Å². The minimum Gasteiger partial charge on any atom is -0.494 e. The molecule has 98 valence electrons. The Morgan fingerprint density at radius 1 is 1.16 bits per heavy atom. The number of nitrogens with zero attached hydrogens (tertiary/aromatic N) is 1. The Morgan fingerprint density at radius 2 is 1.89 bits per heavy atom. The monoisotopic (exact) mass is 273 g/mol. The molecular formula is C16H16ClNO. The molecule has 0 aromatic heterocycles. The number of aliphatic imine (C=N–C) groups is 1. The van der Waals surface area contributed by atoms with Crippen molar-refractivity contribution in [2.75, 3.05) is 6.61 Å². The molecule has 0 bridgehead atoms. The fourth-order valence-electron chi connectivity index (χ4n) is 1.68. The number of aryl methyl sites for hydroxylation is 1. The van der Waals surface area contributed by atoms with Gasteiger partial charge in [0.05, 0.1) is 12.3 Å². The quantitative estimate of drug-likeness (QED) is 0.734. The standard InChI is InChI=1S/C16H16ClNO/c1-3-19-15-8-5-13(6-9-15)11-18-16-10-14(17)7-4-12(16)2/h4-11H,3H2,1-2H3. The molecule has 0 aliphatic heterocycles. The molecule has 2 rings (SSSR count). The van der Waals surface area contributed by atoms with Crippen LogP contribution in [0.25, 0.3) is 0 Å². The highest BCUT2D eigenvalue weighted by Gasteiger charge is 1.97. The number of hydrogen-bond acceptors (Lipinski definition) is 2. The molecule has 0 unspecified atom stereocenters. The van der Waals surface area contributed by atoms with Crippen LogP contribution in [0, 0.1) is 6.92 Å². The molecule has 0 aliphatic rings. The van der Waals surface area contributed by atoms with Crippen molar-refractivity contribution in [3.63, 3.8) is 0 Å². The molecule has 0 fully saturated rings. The first-order valence-electron chi connectivity index (χ1n) is 6.22. The smallest absolute Gasteiger partial charge is 0.119 e. The van der Waals surface area contributed by atoms with Crippen LogP contribution in [0.5, 0.6) is 5.75 Å². The zero-order chi connectivity index (χ0) is 13.7. The molecule has 0 radical (unpaired) electrons. The van der Waals surface area contributed by atoms with E-state index in [1.807, 2.05) is 62.5 Å². The van der Waals surface area contributed by atoms with E-state index in [1.54, 1.807) is 0 Å². The molecule has 19 heavy (non-hydrogen) atoms. The average Bonchev–Trinajstić information content (AvgIpc) is 2.42. The van der Waals surface area contributed by atoms with Gasteiger partial charge >= 0.3 is 0 Å². The SMILES string of the molecule is CCOc1ccc(C=Nc2cc(Cl)ccc2C)cc1. The Labute approximate surface area is 118 Å². The fraction of sp³-hybridized carbons (Fsp3) is 0.188. The van der Waals surface area contributed by atoms with Crippen molar-refractivity contribution < 1.29 is 4.74 Å². The Balaban J connectivity index is 2.15. The van der Waals surface area contributed by atoms with Crippen molar-refractivity contribution in [3.8, 4) is 5.75 Å². The largest absolute Gasteiger partial charge is 0.494 e. The third kappa shape index (κ3) is 3.83. The molecule has 0 heterocycles. The Bertz CT molecular complexity index is 576. The van der Waals surface area contributed by atoms with Gasteiger partial charge in [0.15, 0.2) is 0 Å². The van der Waals surface area contributed by atoms with Crippen LogP contribution < -0.4 is 4.74 Å². The highest BCUT2D eigenvalue weighted by atomic mass is 35.5. The van der Waals surface area contributed by atoms with Gasteiger partial charge in [0.1, 0.15) is 5.75 Å². The van der Waals surface area contributed by atoms with Crippen molar-refractivity contribution in [2.24, 2.45) is 4.99 Å². The van der Waals surface area contributed by atoms with Crippen LogP contribution in [0.4, 0.5) is 5.69 Å². The van der Waals surface area contributed by atoms with Crippen LogP contribution in [0.3, 0.4) is 0 Å². The summed E-state index contributed by atoms with van der Waals surface area (Å²) in [5, 5.41) is 0.699. The molecule has 2 aromatic rings. The number of ether oxygens (including phenoxy) is 1.